The third-order valence-corrected chi connectivity index (χ3v) is 3.95. The van der Waals surface area contributed by atoms with Gasteiger partial charge in [0.25, 0.3) is 0 Å². The van der Waals surface area contributed by atoms with Gasteiger partial charge in [0.1, 0.15) is 0 Å². The second-order valence-electron chi connectivity index (χ2n) is 4.67. The quantitative estimate of drug-likeness (QED) is 0.698. The molecular weight excluding hydrogens is 160 g/mol. The molecule has 2 nitrogen and oxygen atoms in total. The monoisotopic (exact) mass is 182 g/mol. The summed E-state index contributed by atoms with van der Waals surface area (Å²) < 4.78 is 0. The third-order valence-electron chi connectivity index (χ3n) is 3.95. The maximum absolute atomic E-state index is 3.39. The van der Waals surface area contributed by atoms with E-state index in [9.17, 15) is 0 Å². The summed E-state index contributed by atoms with van der Waals surface area (Å²) in [5, 5.41) is 3.39. The van der Waals surface area contributed by atoms with Gasteiger partial charge in [-0.15, -0.1) is 0 Å². The zero-order chi connectivity index (χ0) is 9.26. The van der Waals surface area contributed by atoms with Gasteiger partial charge in [0, 0.05) is 24.7 Å². The minimum absolute atomic E-state index is 0.799. The molecule has 13 heavy (non-hydrogen) atoms. The van der Waals surface area contributed by atoms with E-state index in [0.29, 0.717) is 0 Å². The highest BCUT2D eigenvalue weighted by atomic mass is 15.2. The van der Waals surface area contributed by atoms with Gasteiger partial charge in [-0.05, 0) is 46.1 Å². The van der Waals surface area contributed by atoms with E-state index in [-0.39, 0.29) is 0 Å². The van der Waals surface area contributed by atoms with E-state index in [1.54, 1.807) is 0 Å². The molecule has 0 bridgehead atoms. The van der Waals surface area contributed by atoms with Crippen molar-refractivity contribution in [2.45, 2.75) is 57.2 Å². The Morgan fingerprint density at radius 1 is 1.08 bits per heavy atom. The lowest BCUT2D eigenvalue weighted by molar-refractivity contribution is 0.0303. The van der Waals surface area contributed by atoms with Gasteiger partial charge < -0.3 is 5.32 Å². The molecule has 1 saturated heterocycles. The standard InChI is InChI=1S/C11H22N2/c1-9-7-8-13(9)11-5-3-10(12-2)4-6-11/h9-12H,3-8H2,1-2H3. The summed E-state index contributed by atoms with van der Waals surface area (Å²) in [6.45, 7) is 3.73. The van der Waals surface area contributed by atoms with E-state index in [1.807, 2.05) is 0 Å². The highest BCUT2D eigenvalue weighted by Crippen LogP contribution is 2.29. The number of rotatable bonds is 2. The van der Waals surface area contributed by atoms with Crippen LogP contribution < -0.4 is 5.32 Å². The first-order valence-corrected chi connectivity index (χ1v) is 5.74. The van der Waals surface area contributed by atoms with Gasteiger partial charge in [0.2, 0.25) is 0 Å². The molecule has 2 aliphatic rings. The number of nitrogens with one attached hydrogen (secondary N) is 1. The first-order valence-electron chi connectivity index (χ1n) is 5.74. The molecule has 1 N–H and O–H groups in total. The smallest absolute Gasteiger partial charge is 0.00992 e. The van der Waals surface area contributed by atoms with Crippen molar-refractivity contribution in [3.63, 3.8) is 0 Å². The molecule has 1 heterocycles. The van der Waals surface area contributed by atoms with Gasteiger partial charge in [0.15, 0.2) is 0 Å². The van der Waals surface area contributed by atoms with Crippen molar-refractivity contribution in [3.8, 4) is 0 Å². The van der Waals surface area contributed by atoms with E-state index in [2.05, 4.69) is 24.2 Å². The molecule has 1 aliphatic heterocycles. The Morgan fingerprint density at radius 3 is 2.15 bits per heavy atom. The van der Waals surface area contributed by atoms with Crippen LogP contribution >= 0.6 is 0 Å². The molecule has 0 radical (unpaired) electrons. The van der Waals surface area contributed by atoms with Gasteiger partial charge in [-0.1, -0.05) is 0 Å². The molecule has 0 amide bonds. The summed E-state index contributed by atoms with van der Waals surface area (Å²) in [5.41, 5.74) is 0. The summed E-state index contributed by atoms with van der Waals surface area (Å²) in [7, 11) is 2.09. The summed E-state index contributed by atoms with van der Waals surface area (Å²) in [6, 6.07) is 2.58. The van der Waals surface area contributed by atoms with Crippen LogP contribution in [0.5, 0.6) is 0 Å². The Hall–Kier alpha value is -0.0800. The zero-order valence-electron chi connectivity index (χ0n) is 8.92. The molecule has 1 aliphatic carbocycles. The molecule has 1 saturated carbocycles. The van der Waals surface area contributed by atoms with Crippen LogP contribution in [0.25, 0.3) is 0 Å². The summed E-state index contributed by atoms with van der Waals surface area (Å²) in [6.07, 6.45) is 7.01. The van der Waals surface area contributed by atoms with Gasteiger partial charge in [0.05, 0.1) is 0 Å². The summed E-state index contributed by atoms with van der Waals surface area (Å²) in [5.74, 6) is 0. The maximum atomic E-state index is 3.39. The van der Waals surface area contributed by atoms with Crippen molar-refractivity contribution < 1.29 is 0 Å². The van der Waals surface area contributed by atoms with Crippen molar-refractivity contribution in [1.82, 2.24) is 10.2 Å². The molecule has 1 unspecified atom stereocenters. The largest absolute Gasteiger partial charge is 0.317 e. The first-order chi connectivity index (χ1) is 6.31. The second kappa shape index (κ2) is 3.97. The van der Waals surface area contributed by atoms with Crippen LogP contribution in [-0.2, 0) is 0 Å². The Bertz CT molecular complexity index is 161. The van der Waals surface area contributed by atoms with Crippen molar-refractivity contribution in [2.24, 2.45) is 0 Å². The molecule has 1 atom stereocenters. The van der Waals surface area contributed by atoms with Crippen LogP contribution in [-0.4, -0.2) is 36.6 Å². The van der Waals surface area contributed by atoms with Gasteiger partial charge in [-0.25, -0.2) is 0 Å². The lowest BCUT2D eigenvalue weighted by Gasteiger charge is -2.47. The highest BCUT2D eigenvalue weighted by molar-refractivity contribution is 4.89. The predicted octanol–water partition coefficient (Wildman–Crippen LogP) is 1.61. The fourth-order valence-corrected chi connectivity index (χ4v) is 2.77. The lowest BCUT2D eigenvalue weighted by atomic mass is 9.87. The van der Waals surface area contributed by atoms with Gasteiger partial charge >= 0.3 is 0 Å². The molecule has 2 rings (SSSR count). The molecule has 0 spiro atoms. The van der Waals surface area contributed by atoms with Crippen LogP contribution in [0.1, 0.15) is 39.0 Å². The van der Waals surface area contributed by atoms with Crippen LogP contribution in [0.15, 0.2) is 0 Å². The van der Waals surface area contributed by atoms with Crippen molar-refractivity contribution in [3.05, 3.63) is 0 Å². The molecule has 2 fully saturated rings. The number of hydrogen-bond donors (Lipinski definition) is 1. The molecule has 76 valence electrons. The predicted molar refractivity (Wildman–Crippen MR) is 55.9 cm³/mol. The third kappa shape index (κ3) is 1.89. The second-order valence-corrected chi connectivity index (χ2v) is 4.67. The van der Waals surface area contributed by atoms with Gasteiger partial charge in [-0.3, -0.25) is 4.90 Å². The van der Waals surface area contributed by atoms with Crippen molar-refractivity contribution in [2.75, 3.05) is 13.6 Å². The lowest BCUT2D eigenvalue weighted by Crippen LogP contribution is -2.53. The maximum Gasteiger partial charge on any atom is 0.00992 e. The van der Waals surface area contributed by atoms with Crippen LogP contribution in [0.4, 0.5) is 0 Å². The Morgan fingerprint density at radius 2 is 1.77 bits per heavy atom. The summed E-state index contributed by atoms with van der Waals surface area (Å²) in [4.78, 5) is 2.70. The number of likely N-dealkylation sites (tertiary alicyclic amines) is 1. The van der Waals surface area contributed by atoms with Gasteiger partial charge in [-0.2, -0.15) is 0 Å². The molecule has 0 aromatic rings. The van der Waals surface area contributed by atoms with E-state index < -0.39 is 0 Å². The fraction of sp³-hybridized carbons (Fsp3) is 1.00. The van der Waals surface area contributed by atoms with Crippen molar-refractivity contribution in [1.29, 1.82) is 0 Å². The molecule has 2 heteroatoms. The van der Waals surface area contributed by atoms with E-state index in [4.69, 9.17) is 0 Å². The van der Waals surface area contributed by atoms with E-state index >= 15 is 0 Å². The van der Waals surface area contributed by atoms with Crippen LogP contribution in [0, 0.1) is 0 Å². The average Bonchev–Trinajstić information content (AvgIpc) is 2.17. The fourth-order valence-electron chi connectivity index (χ4n) is 2.77. The topological polar surface area (TPSA) is 15.3 Å². The summed E-state index contributed by atoms with van der Waals surface area (Å²) >= 11 is 0. The minimum atomic E-state index is 0.799. The minimum Gasteiger partial charge on any atom is -0.317 e. The zero-order valence-corrected chi connectivity index (χ0v) is 8.92. The van der Waals surface area contributed by atoms with Crippen molar-refractivity contribution >= 4 is 0 Å². The van der Waals surface area contributed by atoms with E-state index in [0.717, 1.165) is 18.1 Å². The van der Waals surface area contributed by atoms with Crippen LogP contribution in [0.3, 0.4) is 0 Å². The Kier molecular flexibility index (Phi) is 2.89. The normalized spacial score (nSPS) is 41.5. The number of hydrogen-bond acceptors (Lipinski definition) is 2. The number of nitrogens with zero attached hydrogens (tertiary/aromatic N) is 1. The Balaban J connectivity index is 1.77. The highest BCUT2D eigenvalue weighted by Gasteiger charge is 2.32. The molecule has 0 aromatic heterocycles. The SMILES string of the molecule is CNC1CCC(N2CCC2C)CC1. The van der Waals surface area contributed by atoms with Crippen LogP contribution in [0.2, 0.25) is 0 Å². The molecule has 0 aromatic carbocycles. The Labute approximate surface area is 81.7 Å². The average molecular weight is 182 g/mol. The van der Waals surface area contributed by atoms with E-state index in [1.165, 1.54) is 38.6 Å². The molecular formula is C11H22N2. The first kappa shape index (κ1) is 9.47.